The number of benzene rings is 2. The van der Waals surface area contributed by atoms with Gasteiger partial charge in [0.1, 0.15) is 33.3 Å². The summed E-state index contributed by atoms with van der Waals surface area (Å²) in [6, 6.07) is 7.09. The molecule has 0 radical (unpaired) electrons. The highest BCUT2D eigenvalue weighted by Gasteiger charge is 2.12. The molecular formula is C20H34N2O8S2. The number of hydrogen-bond donors (Lipinski definition) is 2. The third-order valence-electron chi connectivity index (χ3n) is 3.92. The zero-order valence-corrected chi connectivity index (χ0v) is 21.0. The molecule has 32 heavy (non-hydrogen) atoms. The second-order valence-corrected chi connectivity index (χ2v) is 11.7. The first-order chi connectivity index (χ1) is 14.3. The fourth-order valence-electron chi connectivity index (χ4n) is 2.29. The van der Waals surface area contributed by atoms with E-state index in [-0.39, 0.29) is 24.0 Å². The van der Waals surface area contributed by atoms with E-state index in [0.717, 1.165) is 34.2 Å². The van der Waals surface area contributed by atoms with Crippen molar-refractivity contribution in [2.75, 3.05) is 68.6 Å². The zero-order valence-electron chi connectivity index (χ0n) is 19.3. The molecule has 0 aliphatic carbocycles. The predicted octanol–water partition coefficient (Wildman–Crippen LogP) is 0.0178. The standard InChI is InChI=1S/C10H8O6S2.2C5H14NO/c11-17(12,13)9-5-1-3-7-8(9)4-2-6-10(7)18(14,15)16;2*1-6(2,3)4-5-7/h1-6H,(H,11,12,13)(H,14,15,16);2*7H,4-5H2,1-3H3/q;2*+1/p-2. The molecule has 0 aromatic heterocycles. The summed E-state index contributed by atoms with van der Waals surface area (Å²) >= 11 is 0. The minimum Gasteiger partial charge on any atom is -0.744 e. The van der Waals surface area contributed by atoms with Crippen molar-refractivity contribution in [2.45, 2.75) is 9.79 Å². The van der Waals surface area contributed by atoms with Gasteiger partial charge in [0.15, 0.2) is 0 Å². The van der Waals surface area contributed by atoms with Gasteiger partial charge >= 0.3 is 0 Å². The van der Waals surface area contributed by atoms with Gasteiger partial charge in [-0.2, -0.15) is 0 Å². The third-order valence-corrected chi connectivity index (χ3v) is 5.71. The molecule has 2 aromatic carbocycles. The van der Waals surface area contributed by atoms with Gasteiger partial charge in [0.2, 0.25) is 0 Å². The molecule has 184 valence electrons. The second kappa shape index (κ2) is 12.0. The molecule has 0 heterocycles. The van der Waals surface area contributed by atoms with Crippen LogP contribution in [0.25, 0.3) is 10.8 Å². The van der Waals surface area contributed by atoms with E-state index in [2.05, 4.69) is 42.3 Å². The van der Waals surface area contributed by atoms with Crippen molar-refractivity contribution in [1.29, 1.82) is 0 Å². The first-order valence-corrected chi connectivity index (χ1v) is 12.4. The molecule has 12 heteroatoms. The quantitative estimate of drug-likeness (QED) is 0.421. The summed E-state index contributed by atoms with van der Waals surface area (Å²) in [6.45, 7) is 2.23. The van der Waals surface area contributed by atoms with E-state index in [1.165, 1.54) is 24.3 Å². The Morgan fingerprint density at radius 1 is 0.656 bits per heavy atom. The van der Waals surface area contributed by atoms with Gasteiger partial charge < -0.3 is 28.3 Å². The molecule has 0 saturated carbocycles. The number of likely N-dealkylation sites (N-methyl/N-ethyl adjacent to an activating group) is 2. The molecule has 10 nitrogen and oxygen atoms in total. The second-order valence-electron chi connectivity index (χ2n) is 8.99. The van der Waals surface area contributed by atoms with Gasteiger partial charge in [-0.1, -0.05) is 24.3 Å². The summed E-state index contributed by atoms with van der Waals surface area (Å²) in [4.78, 5) is -1.10. The summed E-state index contributed by atoms with van der Waals surface area (Å²) in [5, 5.41) is 16.6. The lowest BCUT2D eigenvalue weighted by molar-refractivity contribution is -0.870. The number of nitrogens with zero attached hydrogens (tertiary/aromatic N) is 2. The molecule has 0 amide bonds. The topological polar surface area (TPSA) is 155 Å². The lowest BCUT2D eigenvalue weighted by Gasteiger charge is -2.21. The summed E-state index contributed by atoms with van der Waals surface area (Å²) in [6.07, 6.45) is 0. The molecular weight excluding hydrogens is 460 g/mol. The van der Waals surface area contributed by atoms with Crippen molar-refractivity contribution in [3.63, 3.8) is 0 Å². The van der Waals surface area contributed by atoms with E-state index in [1.54, 1.807) is 0 Å². The lowest BCUT2D eigenvalue weighted by atomic mass is 10.1. The summed E-state index contributed by atoms with van der Waals surface area (Å²) in [5.41, 5.74) is 0. The first kappa shape index (κ1) is 30.4. The van der Waals surface area contributed by atoms with Crippen molar-refractivity contribution < 1.29 is 45.1 Å². The molecule has 0 fully saturated rings. The van der Waals surface area contributed by atoms with Crippen molar-refractivity contribution >= 4 is 31.0 Å². The van der Waals surface area contributed by atoms with Crippen LogP contribution in [0, 0.1) is 0 Å². The number of aliphatic hydroxyl groups excluding tert-OH is 2. The summed E-state index contributed by atoms with van der Waals surface area (Å²) in [7, 11) is 2.83. The normalized spacial score (nSPS) is 12.4. The first-order valence-electron chi connectivity index (χ1n) is 9.59. The van der Waals surface area contributed by atoms with Gasteiger partial charge in [-0.3, -0.25) is 0 Å². The Bertz CT molecular complexity index is 984. The highest BCUT2D eigenvalue weighted by Crippen LogP contribution is 2.27. The molecule has 0 atom stereocenters. The number of rotatable bonds is 6. The van der Waals surface area contributed by atoms with E-state index >= 15 is 0 Å². The fraction of sp³-hybridized carbons (Fsp3) is 0.500. The smallest absolute Gasteiger partial charge is 0.125 e. The van der Waals surface area contributed by atoms with Crippen molar-refractivity contribution in [2.24, 2.45) is 0 Å². The Labute approximate surface area is 191 Å². The Hall–Kier alpha value is -1.64. The van der Waals surface area contributed by atoms with E-state index in [1.807, 2.05) is 0 Å². The van der Waals surface area contributed by atoms with Gasteiger partial charge in [0.25, 0.3) is 0 Å². The monoisotopic (exact) mass is 494 g/mol. The van der Waals surface area contributed by atoms with E-state index < -0.39 is 30.0 Å². The number of quaternary nitrogens is 2. The highest BCUT2D eigenvalue weighted by atomic mass is 32.2. The number of hydrogen-bond acceptors (Lipinski definition) is 8. The Morgan fingerprint density at radius 2 is 0.938 bits per heavy atom. The summed E-state index contributed by atoms with van der Waals surface area (Å²) < 4.78 is 67.8. The maximum absolute atomic E-state index is 11.0. The molecule has 0 aliphatic heterocycles. The maximum Gasteiger partial charge on any atom is 0.125 e. The average Bonchev–Trinajstić information content (AvgIpc) is 2.58. The van der Waals surface area contributed by atoms with Crippen molar-refractivity contribution in [1.82, 2.24) is 0 Å². The van der Waals surface area contributed by atoms with Gasteiger partial charge in [-0.15, -0.1) is 0 Å². The average molecular weight is 495 g/mol. The lowest BCUT2D eigenvalue weighted by Crippen LogP contribution is -2.36. The largest absolute Gasteiger partial charge is 0.744 e. The van der Waals surface area contributed by atoms with Crippen LogP contribution in [-0.4, -0.2) is 114 Å². The number of aliphatic hydroxyl groups is 2. The minimum atomic E-state index is -4.74. The van der Waals surface area contributed by atoms with Crippen LogP contribution in [0.15, 0.2) is 46.2 Å². The van der Waals surface area contributed by atoms with E-state index in [0.29, 0.717) is 0 Å². The van der Waals surface area contributed by atoms with E-state index in [9.17, 15) is 25.9 Å². The predicted molar refractivity (Wildman–Crippen MR) is 120 cm³/mol. The van der Waals surface area contributed by atoms with Crippen LogP contribution in [0.4, 0.5) is 0 Å². The number of fused-ring (bicyclic) bond motifs is 1. The Kier molecular flexibility index (Phi) is 11.4. The molecule has 2 aromatic rings. The van der Waals surface area contributed by atoms with Crippen molar-refractivity contribution in [3.8, 4) is 0 Å². The van der Waals surface area contributed by atoms with Crippen LogP contribution >= 0.6 is 0 Å². The molecule has 2 rings (SSSR count). The fourth-order valence-corrected chi connectivity index (χ4v) is 3.67. The molecule has 0 spiro atoms. The van der Waals surface area contributed by atoms with Gasteiger partial charge in [0, 0.05) is 10.8 Å². The molecule has 0 unspecified atom stereocenters. The van der Waals surface area contributed by atoms with Crippen molar-refractivity contribution in [3.05, 3.63) is 36.4 Å². The minimum absolute atomic E-state index is 0.0792. The summed E-state index contributed by atoms with van der Waals surface area (Å²) in [5.74, 6) is 0. The third kappa shape index (κ3) is 11.8. The SMILES string of the molecule is C[N+](C)(C)CCO.C[N+](C)(C)CCO.O=S(=O)([O-])c1cccc2c(S(=O)(=O)[O-])cccc12. The van der Waals surface area contributed by atoms with Gasteiger partial charge in [0.05, 0.1) is 65.3 Å². The van der Waals surface area contributed by atoms with Gasteiger partial charge in [-0.05, 0) is 12.1 Å². The highest BCUT2D eigenvalue weighted by molar-refractivity contribution is 7.86. The Balaban J connectivity index is 0.000000570. The van der Waals surface area contributed by atoms with Crippen LogP contribution < -0.4 is 0 Å². The molecule has 0 bridgehead atoms. The van der Waals surface area contributed by atoms with E-state index in [4.69, 9.17) is 10.2 Å². The zero-order chi connectivity index (χ0) is 25.4. The Morgan fingerprint density at radius 3 is 1.09 bits per heavy atom. The van der Waals surface area contributed by atoms with Crippen LogP contribution in [0.5, 0.6) is 0 Å². The van der Waals surface area contributed by atoms with Crippen LogP contribution in [0.1, 0.15) is 0 Å². The molecule has 0 aliphatic rings. The van der Waals surface area contributed by atoms with Crippen LogP contribution in [0.3, 0.4) is 0 Å². The maximum atomic E-state index is 11.0. The molecule has 2 N–H and O–H groups in total. The van der Waals surface area contributed by atoms with Crippen LogP contribution in [-0.2, 0) is 20.2 Å². The van der Waals surface area contributed by atoms with Crippen LogP contribution in [0.2, 0.25) is 0 Å². The molecule has 0 saturated heterocycles. The van der Waals surface area contributed by atoms with Gasteiger partial charge in [-0.25, -0.2) is 16.8 Å².